The van der Waals surface area contributed by atoms with Crippen molar-refractivity contribution in [3.05, 3.63) is 34.9 Å². The molecule has 3 heteroatoms. The van der Waals surface area contributed by atoms with Crippen molar-refractivity contribution in [2.24, 2.45) is 17.3 Å². The minimum Gasteiger partial charge on any atom is -0.481 e. The molecule has 0 aromatic heterocycles. The van der Waals surface area contributed by atoms with Crippen LogP contribution in [0.5, 0.6) is 0 Å². The summed E-state index contributed by atoms with van der Waals surface area (Å²) in [6.07, 6.45) is 6.27. The van der Waals surface area contributed by atoms with E-state index in [9.17, 15) is 9.59 Å². The van der Waals surface area contributed by atoms with Crippen LogP contribution < -0.4 is 0 Å². The summed E-state index contributed by atoms with van der Waals surface area (Å²) in [5, 5.41) is 8.98. The molecule has 23 heavy (non-hydrogen) atoms. The highest BCUT2D eigenvalue weighted by Crippen LogP contribution is 2.59. The van der Waals surface area contributed by atoms with E-state index in [1.54, 1.807) is 0 Å². The molecule has 4 rings (SSSR count). The molecule has 0 saturated heterocycles. The van der Waals surface area contributed by atoms with Crippen molar-refractivity contribution in [1.82, 2.24) is 0 Å². The number of Topliss-reactive ketones (excluding diaryl/α,β-unsaturated/α-hetero) is 1. The van der Waals surface area contributed by atoms with Crippen molar-refractivity contribution >= 4 is 11.8 Å². The van der Waals surface area contributed by atoms with Crippen molar-refractivity contribution in [3.63, 3.8) is 0 Å². The van der Waals surface area contributed by atoms with Gasteiger partial charge in [-0.3, -0.25) is 9.59 Å². The Morgan fingerprint density at radius 3 is 2.87 bits per heavy atom. The zero-order chi connectivity index (χ0) is 16.2. The van der Waals surface area contributed by atoms with Crippen molar-refractivity contribution in [2.45, 2.75) is 57.8 Å². The molecule has 0 amide bonds. The summed E-state index contributed by atoms with van der Waals surface area (Å²) >= 11 is 0. The van der Waals surface area contributed by atoms with Gasteiger partial charge in [-0.05, 0) is 66.5 Å². The van der Waals surface area contributed by atoms with E-state index >= 15 is 0 Å². The van der Waals surface area contributed by atoms with Gasteiger partial charge >= 0.3 is 5.97 Å². The van der Waals surface area contributed by atoms with Gasteiger partial charge in [-0.25, -0.2) is 0 Å². The molecule has 3 aliphatic carbocycles. The van der Waals surface area contributed by atoms with E-state index in [-0.39, 0.29) is 11.8 Å². The van der Waals surface area contributed by atoms with Gasteiger partial charge in [0.05, 0.1) is 6.42 Å². The van der Waals surface area contributed by atoms with Crippen LogP contribution in [-0.2, 0) is 22.4 Å². The first-order valence-electron chi connectivity index (χ1n) is 8.86. The summed E-state index contributed by atoms with van der Waals surface area (Å²) < 4.78 is 0. The monoisotopic (exact) mass is 312 g/mol. The van der Waals surface area contributed by atoms with Crippen molar-refractivity contribution in [2.75, 3.05) is 0 Å². The van der Waals surface area contributed by atoms with Crippen LogP contribution in [0.2, 0.25) is 0 Å². The number of fused-ring (bicyclic) bond motifs is 5. The zero-order valence-corrected chi connectivity index (χ0v) is 13.7. The van der Waals surface area contributed by atoms with Gasteiger partial charge in [0.25, 0.3) is 0 Å². The van der Waals surface area contributed by atoms with Crippen LogP contribution in [0.1, 0.15) is 61.6 Å². The minimum atomic E-state index is -0.767. The van der Waals surface area contributed by atoms with Crippen LogP contribution >= 0.6 is 0 Å². The van der Waals surface area contributed by atoms with Crippen LogP contribution in [-0.4, -0.2) is 16.9 Å². The van der Waals surface area contributed by atoms with Crippen LogP contribution in [0.4, 0.5) is 0 Å². The SMILES string of the molecule is CC12CCC3c4ccc(CC(=O)O)cc4CCC3C1CCC2=O. The first kappa shape index (κ1) is 14.9. The lowest BCUT2D eigenvalue weighted by Gasteiger charge is -2.48. The third-order valence-electron chi connectivity index (χ3n) is 6.86. The van der Waals surface area contributed by atoms with Gasteiger partial charge in [0.15, 0.2) is 0 Å². The van der Waals surface area contributed by atoms with Gasteiger partial charge in [0.1, 0.15) is 5.78 Å². The zero-order valence-electron chi connectivity index (χ0n) is 13.7. The lowest BCUT2D eigenvalue weighted by molar-refractivity contribution is -0.136. The highest BCUT2D eigenvalue weighted by atomic mass is 16.4. The smallest absolute Gasteiger partial charge is 0.307 e. The Kier molecular flexibility index (Phi) is 3.36. The fourth-order valence-corrected chi connectivity index (χ4v) is 5.69. The fourth-order valence-electron chi connectivity index (χ4n) is 5.69. The van der Waals surface area contributed by atoms with E-state index < -0.39 is 5.97 Å². The predicted molar refractivity (Wildman–Crippen MR) is 87.4 cm³/mol. The predicted octanol–water partition coefficient (Wildman–Crippen LogP) is 3.74. The molecule has 1 aromatic rings. The van der Waals surface area contributed by atoms with Crippen LogP contribution in [0.15, 0.2) is 18.2 Å². The molecule has 0 radical (unpaired) electrons. The summed E-state index contributed by atoms with van der Waals surface area (Å²) in [7, 11) is 0. The summed E-state index contributed by atoms with van der Waals surface area (Å²) in [6, 6.07) is 6.26. The molecule has 2 saturated carbocycles. The molecule has 4 unspecified atom stereocenters. The van der Waals surface area contributed by atoms with Crippen molar-refractivity contribution < 1.29 is 14.7 Å². The van der Waals surface area contributed by atoms with Gasteiger partial charge in [0.2, 0.25) is 0 Å². The van der Waals surface area contributed by atoms with E-state index in [1.165, 1.54) is 11.1 Å². The van der Waals surface area contributed by atoms with Crippen molar-refractivity contribution in [1.29, 1.82) is 0 Å². The number of hydrogen-bond acceptors (Lipinski definition) is 2. The first-order chi connectivity index (χ1) is 11.0. The molecule has 1 aromatic carbocycles. The van der Waals surface area contributed by atoms with Gasteiger partial charge in [-0.2, -0.15) is 0 Å². The van der Waals surface area contributed by atoms with E-state index in [2.05, 4.69) is 19.1 Å². The summed E-state index contributed by atoms with van der Waals surface area (Å²) in [5.41, 5.74) is 3.61. The highest BCUT2D eigenvalue weighted by molar-refractivity contribution is 5.87. The minimum absolute atomic E-state index is 0.0675. The molecule has 3 nitrogen and oxygen atoms in total. The summed E-state index contributed by atoms with van der Waals surface area (Å²) in [4.78, 5) is 23.3. The molecular weight excluding hydrogens is 288 g/mol. The number of carboxylic acids is 1. The third kappa shape index (κ3) is 2.24. The topological polar surface area (TPSA) is 54.4 Å². The molecule has 2 fully saturated rings. The maximum Gasteiger partial charge on any atom is 0.307 e. The van der Waals surface area contributed by atoms with E-state index in [1.807, 2.05) is 6.07 Å². The fraction of sp³-hybridized carbons (Fsp3) is 0.600. The lowest BCUT2D eigenvalue weighted by Crippen LogP contribution is -2.42. The van der Waals surface area contributed by atoms with Gasteiger partial charge in [0, 0.05) is 11.8 Å². The van der Waals surface area contributed by atoms with Crippen molar-refractivity contribution in [3.8, 4) is 0 Å². The highest BCUT2D eigenvalue weighted by Gasteiger charge is 2.54. The summed E-state index contributed by atoms with van der Waals surface area (Å²) in [5.74, 6) is 1.49. The quantitative estimate of drug-likeness (QED) is 0.905. The molecule has 0 bridgehead atoms. The maximum absolute atomic E-state index is 12.3. The number of carbonyl (C=O) groups is 2. The first-order valence-corrected chi connectivity index (χ1v) is 8.86. The molecule has 4 atom stereocenters. The van der Waals surface area contributed by atoms with E-state index in [0.717, 1.165) is 44.1 Å². The Labute approximate surface area is 137 Å². The summed E-state index contributed by atoms with van der Waals surface area (Å²) in [6.45, 7) is 2.20. The Morgan fingerprint density at radius 1 is 1.26 bits per heavy atom. The second kappa shape index (κ2) is 5.19. The number of carboxylic acid groups (broad SMARTS) is 1. The van der Waals surface area contributed by atoms with E-state index in [0.29, 0.717) is 23.5 Å². The lowest BCUT2D eigenvalue weighted by atomic mass is 9.55. The number of benzene rings is 1. The Hall–Kier alpha value is -1.64. The molecule has 0 heterocycles. The molecular formula is C20H24O3. The second-order valence-electron chi connectivity index (χ2n) is 7.94. The molecule has 3 aliphatic rings. The number of aliphatic carboxylic acids is 1. The van der Waals surface area contributed by atoms with Gasteiger partial charge < -0.3 is 5.11 Å². The Bertz CT molecular complexity index is 677. The van der Waals surface area contributed by atoms with E-state index in [4.69, 9.17) is 5.11 Å². The molecule has 122 valence electrons. The standard InChI is InChI=1S/C20H24O3/c1-20-9-8-15-14-4-2-12(11-19(22)23)10-13(14)3-5-16(15)17(20)6-7-18(20)21/h2,4,10,15-17H,3,5-9,11H2,1H3,(H,22,23). The van der Waals surface area contributed by atoms with Gasteiger partial charge in [-0.1, -0.05) is 25.1 Å². The second-order valence-corrected chi connectivity index (χ2v) is 7.94. The number of carbonyl (C=O) groups excluding carboxylic acids is 1. The Balaban J connectivity index is 1.65. The average Bonchev–Trinajstić information content (AvgIpc) is 2.82. The van der Waals surface area contributed by atoms with Gasteiger partial charge in [-0.15, -0.1) is 0 Å². The maximum atomic E-state index is 12.3. The molecule has 0 spiro atoms. The van der Waals surface area contributed by atoms with Crippen LogP contribution in [0.3, 0.4) is 0 Å². The normalized spacial score (nSPS) is 35.3. The number of rotatable bonds is 2. The largest absolute Gasteiger partial charge is 0.481 e. The van der Waals surface area contributed by atoms with Crippen LogP contribution in [0, 0.1) is 17.3 Å². The average molecular weight is 312 g/mol. The molecule has 1 N–H and O–H groups in total. The number of ketones is 1. The number of aryl methyl sites for hydroxylation is 1. The molecule has 0 aliphatic heterocycles. The Morgan fingerprint density at radius 2 is 2.09 bits per heavy atom. The third-order valence-corrected chi connectivity index (χ3v) is 6.86. The van der Waals surface area contributed by atoms with Crippen LogP contribution in [0.25, 0.3) is 0 Å². The number of hydrogen-bond donors (Lipinski definition) is 1.